The summed E-state index contributed by atoms with van der Waals surface area (Å²) < 4.78 is 32.2. The maximum absolute atomic E-state index is 12.7. The highest BCUT2D eigenvalue weighted by atomic mass is 32.2. The molecule has 1 aliphatic rings. The molecule has 1 saturated heterocycles. The number of nitrogens with zero attached hydrogens (tertiary/aromatic N) is 1. The zero-order valence-corrected chi connectivity index (χ0v) is 12.6. The predicted octanol–water partition coefficient (Wildman–Crippen LogP) is 1.22. The molecule has 20 heavy (non-hydrogen) atoms. The molecule has 1 fully saturated rings. The van der Waals surface area contributed by atoms with E-state index in [0.717, 1.165) is 6.42 Å². The van der Waals surface area contributed by atoms with E-state index in [-0.39, 0.29) is 17.6 Å². The standard InChI is InChI=1S/C14H21NO4S/c1-11-7-8-15(9-13(11)19-2)20(17,18)14-6-4-3-5-12(14)10-16/h3-6,11,13,16H,7-10H2,1-2H3. The first-order chi connectivity index (χ1) is 9.50. The highest BCUT2D eigenvalue weighted by molar-refractivity contribution is 7.89. The van der Waals surface area contributed by atoms with Crippen LogP contribution in [0.15, 0.2) is 29.2 Å². The van der Waals surface area contributed by atoms with Crippen LogP contribution in [0, 0.1) is 5.92 Å². The van der Waals surface area contributed by atoms with Crippen LogP contribution in [0.5, 0.6) is 0 Å². The van der Waals surface area contributed by atoms with Crippen LogP contribution in [0.1, 0.15) is 18.9 Å². The van der Waals surface area contributed by atoms with Crippen molar-refractivity contribution < 1.29 is 18.3 Å². The lowest BCUT2D eigenvalue weighted by Gasteiger charge is -2.35. The van der Waals surface area contributed by atoms with Gasteiger partial charge in [-0.3, -0.25) is 0 Å². The molecule has 2 unspecified atom stereocenters. The fourth-order valence-corrected chi connectivity index (χ4v) is 4.24. The molecule has 0 amide bonds. The van der Waals surface area contributed by atoms with E-state index in [0.29, 0.717) is 24.6 Å². The number of sulfonamides is 1. The van der Waals surface area contributed by atoms with Crippen molar-refractivity contribution in [1.29, 1.82) is 0 Å². The van der Waals surface area contributed by atoms with Crippen LogP contribution >= 0.6 is 0 Å². The molecule has 0 aliphatic carbocycles. The molecular formula is C14H21NO4S. The summed E-state index contributed by atoms with van der Waals surface area (Å²) in [6.07, 6.45) is 0.693. The highest BCUT2D eigenvalue weighted by Crippen LogP contribution is 2.26. The van der Waals surface area contributed by atoms with Crippen molar-refractivity contribution in [2.75, 3.05) is 20.2 Å². The van der Waals surface area contributed by atoms with Crippen LogP contribution in [0.25, 0.3) is 0 Å². The van der Waals surface area contributed by atoms with Crippen LogP contribution in [0.4, 0.5) is 0 Å². The Balaban J connectivity index is 2.31. The van der Waals surface area contributed by atoms with Crippen molar-refractivity contribution >= 4 is 10.0 Å². The molecule has 2 rings (SSSR count). The Labute approximate surface area is 120 Å². The molecule has 6 heteroatoms. The van der Waals surface area contributed by atoms with E-state index in [1.165, 1.54) is 4.31 Å². The maximum Gasteiger partial charge on any atom is 0.243 e. The first kappa shape index (κ1) is 15.4. The van der Waals surface area contributed by atoms with Gasteiger partial charge in [-0.15, -0.1) is 0 Å². The fraction of sp³-hybridized carbons (Fsp3) is 0.571. The first-order valence-corrected chi connectivity index (χ1v) is 8.16. The molecule has 5 nitrogen and oxygen atoms in total. The average Bonchev–Trinajstić information content (AvgIpc) is 2.47. The summed E-state index contributed by atoms with van der Waals surface area (Å²) in [6.45, 7) is 2.63. The molecule has 0 radical (unpaired) electrons. The van der Waals surface area contributed by atoms with Crippen LogP contribution < -0.4 is 0 Å². The van der Waals surface area contributed by atoms with Crippen molar-refractivity contribution in [3.05, 3.63) is 29.8 Å². The number of hydrogen-bond donors (Lipinski definition) is 1. The number of methoxy groups -OCH3 is 1. The Hall–Kier alpha value is -0.950. The summed E-state index contributed by atoms with van der Waals surface area (Å²) in [5, 5.41) is 9.31. The van der Waals surface area contributed by atoms with E-state index in [4.69, 9.17) is 4.74 Å². The number of aliphatic hydroxyl groups is 1. The Morgan fingerprint density at radius 3 is 2.75 bits per heavy atom. The molecule has 112 valence electrons. The van der Waals surface area contributed by atoms with Crippen LogP contribution in [0.3, 0.4) is 0 Å². The van der Waals surface area contributed by atoms with Crippen LogP contribution in [-0.4, -0.2) is 44.1 Å². The molecule has 0 bridgehead atoms. The molecule has 1 aromatic rings. The number of ether oxygens (including phenoxy) is 1. The summed E-state index contributed by atoms with van der Waals surface area (Å²) in [6, 6.07) is 6.57. The monoisotopic (exact) mass is 299 g/mol. The molecule has 0 saturated carbocycles. The summed E-state index contributed by atoms with van der Waals surface area (Å²) in [7, 11) is -1.97. The van der Waals surface area contributed by atoms with Gasteiger partial charge in [0, 0.05) is 20.2 Å². The minimum absolute atomic E-state index is 0.0835. The molecule has 1 aliphatic heterocycles. The Kier molecular flexibility index (Phi) is 4.80. The molecule has 1 heterocycles. The van der Waals surface area contributed by atoms with Crippen molar-refractivity contribution in [3.8, 4) is 0 Å². The van der Waals surface area contributed by atoms with E-state index < -0.39 is 10.0 Å². The topological polar surface area (TPSA) is 66.8 Å². The number of hydrogen-bond acceptors (Lipinski definition) is 4. The molecule has 0 spiro atoms. The Morgan fingerprint density at radius 1 is 1.40 bits per heavy atom. The zero-order chi connectivity index (χ0) is 14.8. The number of benzene rings is 1. The molecule has 0 aromatic heterocycles. The third kappa shape index (κ3) is 2.88. The van der Waals surface area contributed by atoms with Crippen molar-refractivity contribution in [2.24, 2.45) is 5.92 Å². The van der Waals surface area contributed by atoms with E-state index in [1.54, 1.807) is 31.4 Å². The van der Waals surface area contributed by atoms with Crippen molar-refractivity contribution in [2.45, 2.75) is 31.0 Å². The second kappa shape index (κ2) is 6.22. The lowest BCUT2D eigenvalue weighted by atomic mass is 9.97. The van der Waals surface area contributed by atoms with Gasteiger partial charge >= 0.3 is 0 Å². The van der Waals surface area contributed by atoms with Crippen LogP contribution in [-0.2, 0) is 21.4 Å². The fourth-order valence-electron chi connectivity index (χ4n) is 2.56. The smallest absolute Gasteiger partial charge is 0.243 e. The minimum Gasteiger partial charge on any atom is -0.392 e. The van der Waals surface area contributed by atoms with Crippen molar-refractivity contribution in [3.63, 3.8) is 0 Å². The summed E-state index contributed by atoms with van der Waals surface area (Å²) in [5.74, 6) is 0.347. The normalized spacial score (nSPS) is 24.8. The van der Waals surface area contributed by atoms with Gasteiger partial charge in [0.2, 0.25) is 10.0 Å². The van der Waals surface area contributed by atoms with Gasteiger partial charge in [-0.05, 0) is 24.0 Å². The summed E-state index contributed by atoms with van der Waals surface area (Å²) in [5.41, 5.74) is 0.431. The lowest BCUT2D eigenvalue weighted by molar-refractivity contribution is 0.0183. The predicted molar refractivity (Wildman–Crippen MR) is 75.7 cm³/mol. The Morgan fingerprint density at radius 2 is 2.10 bits per heavy atom. The van der Waals surface area contributed by atoms with Gasteiger partial charge in [0.05, 0.1) is 17.6 Å². The molecule has 1 aromatic carbocycles. The van der Waals surface area contributed by atoms with E-state index in [2.05, 4.69) is 6.92 Å². The molecular weight excluding hydrogens is 278 g/mol. The highest BCUT2D eigenvalue weighted by Gasteiger charge is 2.34. The average molecular weight is 299 g/mol. The van der Waals surface area contributed by atoms with E-state index >= 15 is 0 Å². The lowest BCUT2D eigenvalue weighted by Crippen LogP contribution is -2.46. The van der Waals surface area contributed by atoms with Gasteiger partial charge in [0.25, 0.3) is 0 Å². The zero-order valence-electron chi connectivity index (χ0n) is 11.8. The van der Waals surface area contributed by atoms with Gasteiger partial charge < -0.3 is 9.84 Å². The van der Waals surface area contributed by atoms with E-state index in [9.17, 15) is 13.5 Å². The van der Waals surface area contributed by atoms with Gasteiger partial charge in [-0.25, -0.2) is 8.42 Å². The first-order valence-electron chi connectivity index (χ1n) is 6.72. The van der Waals surface area contributed by atoms with Crippen LogP contribution in [0.2, 0.25) is 0 Å². The maximum atomic E-state index is 12.7. The molecule has 1 N–H and O–H groups in total. The second-order valence-electron chi connectivity index (χ2n) is 5.17. The SMILES string of the molecule is COC1CN(S(=O)(=O)c2ccccc2CO)CCC1C. The number of aliphatic hydroxyl groups excluding tert-OH is 1. The Bertz CT molecular complexity index is 558. The summed E-state index contributed by atoms with van der Waals surface area (Å²) >= 11 is 0. The van der Waals surface area contributed by atoms with Gasteiger partial charge in [-0.2, -0.15) is 4.31 Å². The second-order valence-corrected chi connectivity index (χ2v) is 7.08. The van der Waals surface area contributed by atoms with E-state index in [1.807, 2.05) is 0 Å². The number of piperidine rings is 1. The third-order valence-corrected chi connectivity index (χ3v) is 5.88. The largest absolute Gasteiger partial charge is 0.392 e. The van der Waals surface area contributed by atoms with Gasteiger partial charge in [-0.1, -0.05) is 25.1 Å². The number of rotatable bonds is 4. The third-order valence-electron chi connectivity index (χ3n) is 3.92. The summed E-state index contributed by atoms with van der Waals surface area (Å²) in [4.78, 5) is 0.187. The van der Waals surface area contributed by atoms with Gasteiger partial charge in [0.1, 0.15) is 0 Å². The van der Waals surface area contributed by atoms with Crippen molar-refractivity contribution in [1.82, 2.24) is 4.31 Å². The quantitative estimate of drug-likeness (QED) is 0.908. The molecule has 2 atom stereocenters. The minimum atomic E-state index is -3.58. The van der Waals surface area contributed by atoms with Gasteiger partial charge in [0.15, 0.2) is 0 Å².